The molecular formula is C14H20N2O2S. The number of methoxy groups -OCH3 is 1. The van der Waals surface area contributed by atoms with E-state index in [1.165, 1.54) is 0 Å². The molecule has 0 bridgehead atoms. The van der Waals surface area contributed by atoms with Crippen molar-refractivity contribution in [3.05, 3.63) is 29.8 Å². The fourth-order valence-corrected chi connectivity index (χ4v) is 2.25. The summed E-state index contributed by atoms with van der Waals surface area (Å²) in [5.41, 5.74) is 1.09. The third-order valence-corrected chi connectivity index (χ3v) is 3.43. The lowest BCUT2D eigenvalue weighted by atomic mass is 10.2. The number of benzene rings is 1. The number of ether oxygens (including phenoxy) is 2. The molecule has 104 valence electrons. The van der Waals surface area contributed by atoms with Gasteiger partial charge in [-0.1, -0.05) is 18.2 Å². The van der Waals surface area contributed by atoms with Crippen LogP contribution >= 0.6 is 12.2 Å². The molecular weight excluding hydrogens is 260 g/mol. The maximum Gasteiger partial charge on any atom is 0.166 e. The van der Waals surface area contributed by atoms with Crippen molar-refractivity contribution in [2.45, 2.75) is 25.5 Å². The van der Waals surface area contributed by atoms with Gasteiger partial charge in [0.25, 0.3) is 0 Å². The van der Waals surface area contributed by atoms with Crippen LogP contribution in [0.3, 0.4) is 0 Å². The first-order valence-corrected chi connectivity index (χ1v) is 6.95. The van der Waals surface area contributed by atoms with Crippen molar-refractivity contribution < 1.29 is 9.47 Å². The average Bonchev–Trinajstić information content (AvgIpc) is 2.96. The van der Waals surface area contributed by atoms with Crippen LogP contribution in [0.2, 0.25) is 0 Å². The van der Waals surface area contributed by atoms with Crippen LogP contribution in [0.5, 0.6) is 5.75 Å². The second-order valence-corrected chi connectivity index (χ2v) is 4.92. The fourth-order valence-electron chi connectivity index (χ4n) is 2.10. The molecule has 1 heterocycles. The zero-order valence-corrected chi connectivity index (χ0v) is 12.0. The molecule has 0 saturated carbocycles. The fraction of sp³-hybridized carbons (Fsp3) is 0.500. The summed E-state index contributed by atoms with van der Waals surface area (Å²) < 4.78 is 10.8. The first-order valence-electron chi connectivity index (χ1n) is 6.55. The van der Waals surface area contributed by atoms with Crippen LogP contribution in [0.4, 0.5) is 0 Å². The molecule has 2 N–H and O–H groups in total. The van der Waals surface area contributed by atoms with Crippen LogP contribution in [0.1, 0.15) is 18.4 Å². The Morgan fingerprint density at radius 2 is 2.26 bits per heavy atom. The van der Waals surface area contributed by atoms with Gasteiger partial charge in [-0.25, -0.2) is 0 Å². The summed E-state index contributed by atoms with van der Waals surface area (Å²) >= 11 is 5.25. The van der Waals surface area contributed by atoms with Crippen molar-refractivity contribution >= 4 is 17.3 Å². The molecule has 2 rings (SSSR count). The highest BCUT2D eigenvalue weighted by Gasteiger charge is 2.15. The highest BCUT2D eigenvalue weighted by Crippen LogP contribution is 2.16. The van der Waals surface area contributed by atoms with Crippen molar-refractivity contribution in [2.75, 3.05) is 20.3 Å². The standard InChI is InChI=1S/C14H20N2O2S/c1-17-13-7-3-2-5-11(13)9-15-14(19)16-10-12-6-4-8-18-12/h2-3,5,7,12H,4,6,8-10H2,1H3,(H2,15,16,19). The lowest BCUT2D eigenvalue weighted by Gasteiger charge is -2.15. The van der Waals surface area contributed by atoms with E-state index in [0.29, 0.717) is 17.8 Å². The third kappa shape index (κ3) is 4.36. The molecule has 1 aliphatic rings. The average molecular weight is 280 g/mol. The summed E-state index contributed by atoms with van der Waals surface area (Å²) in [5, 5.41) is 7.02. The summed E-state index contributed by atoms with van der Waals surface area (Å²) in [4.78, 5) is 0. The smallest absolute Gasteiger partial charge is 0.166 e. The van der Waals surface area contributed by atoms with E-state index in [4.69, 9.17) is 21.7 Å². The molecule has 0 spiro atoms. The SMILES string of the molecule is COc1ccccc1CNC(=S)NCC1CCCO1. The van der Waals surface area contributed by atoms with Crippen molar-refractivity contribution in [3.8, 4) is 5.75 Å². The number of nitrogens with one attached hydrogen (secondary N) is 2. The minimum Gasteiger partial charge on any atom is -0.496 e. The van der Waals surface area contributed by atoms with Gasteiger partial charge in [0.2, 0.25) is 0 Å². The van der Waals surface area contributed by atoms with E-state index >= 15 is 0 Å². The molecule has 1 saturated heterocycles. The summed E-state index contributed by atoms with van der Waals surface area (Å²) in [7, 11) is 1.67. The molecule has 4 nitrogen and oxygen atoms in total. The van der Waals surface area contributed by atoms with Gasteiger partial charge in [0.1, 0.15) is 5.75 Å². The summed E-state index contributed by atoms with van der Waals surface area (Å²) in [6.45, 7) is 2.30. The van der Waals surface area contributed by atoms with E-state index in [1.54, 1.807) is 7.11 Å². The molecule has 1 aliphatic heterocycles. The Morgan fingerprint density at radius 1 is 1.42 bits per heavy atom. The van der Waals surface area contributed by atoms with Gasteiger partial charge in [0, 0.05) is 25.3 Å². The Balaban J connectivity index is 1.73. The van der Waals surface area contributed by atoms with Gasteiger partial charge in [-0.3, -0.25) is 0 Å². The Morgan fingerprint density at radius 3 is 3.00 bits per heavy atom. The van der Waals surface area contributed by atoms with Crippen LogP contribution in [0, 0.1) is 0 Å². The topological polar surface area (TPSA) is 42.5 Å². The molecule has 0 aliphatic carbocycles. The van der Waals surface area contributed by atoms with E-state index in [-0.39, 0.29) is 0 Å². The predicted octanol–water partition coefficient (Wildman–Crippen LogP) is 1.84. The maximum absolute atomic E-state index is 5.53. The molecule has 1 aromatic rings. The van der Waals surface area contributed by atoms with Gasteiger partial charge < -0.3 is 20.1 Å². The van der Waals surface area contributed by atoms with Gasteiger partial charge in [-0.15, -0.1) is 0 Å². The molecule has 0 aromatic heterocycles. The Hall–Kier alpha value is -1.33. The molecule has 1 atom stereocenters. The second kappa shape index (κ2) is 7.31. The summed E-state index contributed by atoms with van der Waals surface area (Å²) in [5.74, 6) is 0.872. The monoisotopic (exact) mass is 280 g/mol. The largest absolute Gasteiger partial charge is 0.496 e. The molecule has 0 radical (unpaired) electrons. The second-order valence-electron chi connectivity index (χ2n) is 4.51. The first kappa shape index (κ1) is 14.1. The molecule has 1 aromatic carbocycles. The van der Waals surface area contributed by atoms with Crippen molar-refractivity contribution in [3.63, 3.8) is 0 Å². The van der Waals surface area contributed by atoms with Crippen LogP contribution in [0.25, 0.3) is 0 Å². The molecule has 5 heteroatoms. The van der Waals surface area contributed by atoms with E-state index in [2.05, 4.69) is 10.6 Å². The van der Waals surface area contributed by atoms with E-state index in [0.717, 1.165) is 37.3 Å². The first-order chi connectivity index (χ1) is 9.29. The minimum atomic E-state index is 0.297. The van der Waals surface area contributed by atoms with Gasteiger partial charge in [0.05, 0.1) is 13.2 Å². The molecule has 0 amide bonds. The number of para-hydroxylation sites is 1. The van der Waals surface area contributed by atoms with Crippen LogP contribution in [0.15, 0.2) is 24.3 Å². The quantitative estimate of drug-likeness (QED) is 0.806. The molecule has 1 unspecified atom stereocenters. The summed E-state index contributed by atoms with van der Waals surface area (Å²) in [6.07, 6.45) is 2.56. The lowest BCUT2D eigenvalue weighted by Crippen LogP contribution is -2.39. The van der Waals surface area contributed by atoms with Gasteiger partial charge in [-0.2, -0.15) is 0 Å². The maximum atomic E-state index is 5.53. The number of hydrogen-bond donors (Lipinski definition) is 2. The highest BCUT2D eigenvalue weighted by atomic mass is 32.1. The Labute approximate surface area is 119 Å². The minimum absolute atomic E-state index is 0.297. The van der Waals surface area contributed by atoms with Crippen molar-refractivity contribution in [1.82, 2.24) is 10.6 Å². The van der Waals surface area contributed by atoms with Gasteiger partial charge in [0.15, 0.2) is 5.11 Å². The zero-order chi connectivity index (χ0) is 13.5. The molecule has 19 heavy (non-hydrogen) atoms. The van der Waals surface area contributed by atoms with E-state index < -0.39 is 0 Å². The van der Waals surface area contributed by atoms with Crippen LogP contribution < -0.4 is 15.4 Å². The van der Waals surface area contributed by atoms with Crippen molar-refractivity contribution in [2.24, 2.45) is 0 Å². The van der Waals surface area contributed by atoms with Crippen LogP contribution in [-0.4, -0.2) is 31.5 Å². The number of rotatable bonds is 5. The van der Waals surface area contributed by atoms with Gasteiger partial charge in [-0.05, 0) is 31.1 Å². The van der Waals surface area contributed by atoms with Crippen molar-refractivity contribution in [1.29, 1.82) is 0 Å². The third-order valence-electron chi connectivity index (χ3n) is 3.15. The van der Waals surface area contributed by atoms with Gasteiger partial charge >= 0.3 is 0 Å². The van der Waals surface area contributed by atoms with E-state index in [1.807, 2.05) is 24.3 Å². The zero-order valence-electron chi connectivity index (χ0n) is 11.1. The summed E-state index contributed by atoms with van der Waals surface area (Å²) in [6, 6.07) is 7.91. The normalized spacial score (nSPS) is 18.1. The Kier molecular flexibility index (Phi) is 5.42. The predicted molar refractivity (Wildman–Crippen MR) is 79.4 cm³/mol. The highest BCUT2D eigenvalue weighted by molar-refractivity contribution is 7.80. The van der Waals surface area contributed by atoms with Crippen LogP contribution in [-0.2, 0) is 11.3 Å². The Bertz CT molecular complexity index is 420. The van der Waals surface area contributed by atoms with E-state index in [9.17, 15) is 0 Å². The lowest BCUT2D eigenvalue weighted by molar-refractivity contribution is 0.114. The number of hydrogen-bond acceptors (Lipinski definition) is 3. The molecule has 1 fully saturated rings. The number of thiocarbonyl (C=S) groups is 1.